The van der Waals surface area contributed by atoms with Crippen LogP contribution in [0.2, 0.25) is 0 Å². The molecule has 0 saturated carbocycles. The molecule has 0 unspecified atom stereocenters. The van der Waals surface area contributed by atoms with E-state index in [4.69, 9.17) is 5.73 Å². The number of sulfonamides is 1. The summed E-state index contributed by atoms with van der Waals surface area (Å²) in [6.07, 6.45) is 1.78. The van der Waals surface area contributed by atoms with Crippen molar-refractivity contribution in [1.82, 2.24) is 4.31 Å². The molecule has 3 N–H and O–H groups in total. The maximum absolute atomic E-state index is 12.2. The van der Waals surface area contributed by atoms with Crippen LogP contribution in [0.5, 0.6) is 0 Å². The first-order valence-electron chi connectivity index (χ1n) is 7.04. The second-order valence-electron chi connectivity index (χ2n) is 5.62. The summed E-state index contributed by atoms with van der Waals surface area (Å²) >= 11 is 0. The highest BCUT2D eigenvalue weighted by molar-refractivity contribution is 7.89. The number of nitrogen functional groups attached to an aromatic ring is 1. The van der Waals surface area contributed by atoms with Crippen LogP contribution in [0.25, 0.3) is 0 Å². The van der Waals surface area contributed by atoms with Gasteiger partial charge in [0, 0.05) is 33.8 Å². The Morgan fingerprint density at radius 1 is 1.33 bits per heavy atom. The van der Waals surface area contributed by atoms with Crippen molar-refractivity contribution in [3.63, 3.8) is 0 Å². The molecule has 1 aromatic rings. The molecule has 1 fully saturated rings. The number of hydrogen-bond acceptors (Lipinski definition) is 5. The Balaban J connectivity index is 2.29. The fourth-order valence-corrected chi connectivity index (χ4v) is 3.45. The molecule has 0 aromatic heterocycles. The van der Waals surface area contributed by atoms with Gasteiger partial charge in [0.2, 0.25) is 10.0 Å². The Morgan fingerprint density at radius 3 is 2.48 bits per heavy atom. The number of hydrogen-bond donors (Lipinski definition) is 2. The van der Waals surface area contributed by atoms with E-state index in [0.29, 0.717) is 11.6 Å². The third-order valence-corrected chi connectivity index (χ3v) is 5.80. The van der Waals surface area contributed by atoms with Gasteiger partial charge in [0.25, 0.3) is 0 Å². The van der Waals surface area contributed by atoms with E-state index in [1.54, 1.807) is 12.1 Å². The molecule has 1 aromatic carbocycles. The second-order valence-corrected chi connectivity index (χ2v) is 7.77. The van der Waals surface area contributed by atoms with E-state index in [2.05, 4.69) is 4.90 Å². The number of benzene rings is 1. The highest BCUT2D eigenvalue weighted by Gasteiger charge is 2.23. The number of piperidine rings is 1. The van der Waals surface area contributed by atoms with Crippen molar-refractivity contribution < 1.29 is 13.5 Å². The van der Waals surface area contributed by atoms with E-state index >= 15 is 0 Å². The molecule has 1 heterocycles. The van der Waals surface area contributed by atoms with Gasteiger partial charge in [-0.3, -0.25) is 0 Å². The van der Waals surface area contributed by atoms with E-state index in [9.17, 15) is 13.5 Å². The van der Waals surface area contributed by atoms with Crippen LogP contribution < -0.4 is 10.6 Å². The van der Waals surface area contributed by atoms with Crippen molar-refractivity contribution in [2.45, 2.75) is 17.7 Å². The Labute approximate surface area is 126 Å². The van der Waals surface area contributed by atoms with Gasteiger partial charge in [0.15, 0.2) is 0 Å². The zero-order valence-corrected chi connectivity index (χ0v) is 13.3. The molecule has 7 heteroatoms. The maximum atomic E-state index is 12.2. The molecule has 0 aliphatic carbocycles. The van der Waals surface area contributed by atoms with Crippen LogP contribution in [-0.2, 0) is 10.0 Å². The predicted molar refractivity (Wildman–Crippen MR) is 83.8 cm³/mol. The molecule has 118 valence electrons. The summed E-state index contributed by atoms with van der Waals surface area (Å²) in [6, 6.07) is 4.82. The molecule has 2 rings (SSSR count). The SMILES string of the molecule is CN(C)S(=O)(=O)c1ccc(N)c(N2CCC(CO)CC2)c1. The van der Waals surface area contributed by atoms with Crippen LogP contribution in [0.4, 0.5) is 11.4 Å². The molecule has 0 bridgehead atoms. The molecule has 1 saturated heterocycles. The quantitative estimate of drug-likeness (QED) is 0.800. The van der Waals surface area contributed by atoms with Gasteiger partial charge in [-0.15, -0.1) is 0 Å². The van der Waals surface area contributed by atoms with E-state index in [1.165, 1.54) is 24.5 Å². The fourth-order valence-electron chi connectivity index (χ4n) is 2.53. The lowest BCUT2D eigenvalue weighted by molar-refractivity contribution is 0.203. The molecular formula is C14H23N3O3S. The zero-order valence-electron chi connectivity index (χ0n) is 12.5. The minimum Gasteiger partial charge on any atom is -0.397 e. The largest absolute Gasteiger partial charge is 0.397 e. The van der Waals surface area contributed by atoms with E-state index < -0.39 is 10.0 Å². The first-order chi connectivity index (χ1) is 9.86. The first-order valence-corrected chi connectivity index (χ1v) is 8.48. The van der Waals surface area contributed by atoms with Gasteiger partial charge in [0.05, 0.1) is 16.3 Å². The Kier molecular flexibility index (Phi) is 4.75. The minimum atomic E-state index is -3.46. The predicted octanol–water partition coefficient (Wildman–Crippen LogP) is 0.728. The van der Waals surface area contributed by atoms with Crippen LogP contribution in [-0.4, -0.2) is 51.6 Å². The molecule has 0 spiro atoms. The molecule has 1 aliphatic heterocycles. The van der Waals surface area contributed by atoms with Crippen molar-refractivity contribution in [3.05, 3.63) is 18.2 Å². The topological polar surface area (TPSA) is 86.9 Å². The molecule has 0 amide bonds. The average Bonchev–Trinajstić information content (AvgIpc) is 2.47. The lowest BCUT2D eigenvalue weighted by Crippen LogP contribution is -2.35. The van der Waals surface area contributed by atoms with Gasteiger partial charge >= 0.3 is 0 Å². The summed E-state index contributed by atoms with van der Waals surface area (Å²) in [5, 5.41) is 9.19. The summed E-state index contributed by atoms with van der Waals surface area (Å²) in [5.74, 6) is 0.330. The van der Waals surface area contributed by atoms with Crippen LogP contribution in [0.3, 0.4) is 0 Å². The van der Waals surface area contributed by atoms with Gasteiger partial charge in [-0.25, -0.2) is 12.7 Å². The Bertz CT molecular complexity index is 593. The molecule has 21 heavy (non-hydrogen) atoms. The highest BCUT2D eigenvalue weighted by atomic mass is 32.2. The van der Waals surface area contributed by atoms with E-state index in [1.807, 2.05) is 0 Å². The minimum absolute atomic E-state index is 0.207. The third-order valence-electron chi connectivity index (χ3n) is 3.99. The first kappa shape index (κ1) is 16.1. The van der Waals surface area contributed by atoms with Crippen molar-refractivity contribution in [3.8, 4) is 0 Å². The van der Waals surface area contributed by atoms with Gasteiger partial charge in [0.1, 0.15) is 0 Å². The van der Waals surface area contributed by atoms with E-state index in [-0.39, 0.29) is 11.5 Å². The number of aliphatic hydroxyl groups is 1. The summed E-state index contributed by atoms with van der Waals surface area (Å²) in [4.78, 5) is 2.34. The van der Waals surface area contributed by atoms with Gasteiger partial charge < -0.3 is 15.7 Å². The van der Waals surface area contributed by atoms with Crippen molar-refractivity contribution >= 4 is 21.4 Å². The number of anilines is 2. The third kappa shape index (κ3) is 3.30. The highest BCUT2D eigenvalue weighted by Crippen LogP contribution is 2.30. The fraction of sp³-hybridized carbons (Fsp3) is 0.571. The van der Waals surface area contributed by atoms with Crippen LogP contribution in [0.15, 0.2) is 23.1 Å². The monoisotopic (exact) mass is 313 g/mol. The van der Waals surface area contributed by atoms with Gasteiger partial charge in [-0.1, -0.05) is 0 Å². The Hall–Kier alpha value is -1.31. The molecule has 1 aliphatic rings. The lowest BCUT2D eigenvalue weighted by Gasteiger charge is -2.33. The molecule has 0 radical (unpaired) electrons. The van der Waals surface area contributed by atoms with E-state index in [0.717, 1.165) is 31.6 Å². The Morgan fingerprint density at radius 2 is 1.95 bits per heavy atom. The summed E-state index contributed by atoms with van der Waals surface area (Å²) < 4.78 is 25.6. The lowest BCUT2D eigenvalue weighted by atomic mass is 9.97. The summed E-state index contributed by atoms with van der Waals surface area (Å²) in [6.45, 7) is 1.76. The summed E-state index contributed by atoms with van der Waals surface area (Å²) in [5.41, 5.74) is 7.34. The zero-order chi connectivity index (χ0) is 15.6. The van der Waals surface area contributed by atoms with Crippen molar-refractivity contribution in [1.29, 1.82) is 0 Å². The number of aliphatic hydroxyl groups excluding tert-OH is 1. The van der Waals surface area contributed by atoms with Gasteiger partial charge in [-0.05, 0) is 37.0 Å². The molecular weight excluding hydrogens is 290 g/mol. The number of rotatable bonds is 4. The molecule has 6 nitrogen and oxygen atoms in total. The summed E-state index contributed by atoms with van der Waals surface area (Å²) in [7, 11) is -0.435. The maximum Gasteiger partial charge on any atom is 0.242 e. The number of nitrogens with two attached hydrogens (primary N) is 1. The number of nitrogens with zero attached hydrogens (tertiary/aromatic N) is 2. The van der Waals surface area contributed by atoms with Crippen LogP contribution in [0, 0.1) is 5.92 Å². The average molecular weight is 313 g/mol. The van der Waals surface area contributed by atoms with Crippen LogP contribution in [0.1, 0.15) is 12.8 Å². The standard InChI is InChI=1S/C14H23N3O3S/c1-16(2)21(19,20)12-3-4-13(15)14(9-12)17-7-5-11(10-18)6-8-17/h3-4,9,11,18H,5-8,10,15H2,1-2H3. The van der Waals surface area contributed by atoms with Crippen molar-refractivity contribution in [2.75, 3.05) is 44.4 Å². The van der Waals surface area contributed by atoms with Crippen molar-refractivity contribution in [2.24, 2.45) is 5.92 Å². The smallest absolute Gasteiger partial charge is 0.242 e. The normalized spacial score (nSPS) is 17.4. The molecule has 0 atom stereocenters. The van der Waals surface area contributed by atoms with Gasteiger partial charge in [-0.2, -0.15) is 0 Å². The second kappa shape index (κ2) is 6.21. The van der Waals surface area contributed by atoms with Crippen LogP contribution >= 0.6 is 0 Å².